The number of thiazole rings is 1. The molecule has 6 nitrogen and oxygen atoms in total. The van der Waals surface area contributed by atoms with Gasteiger partial charge in [0.2, 0.25) is 0 Å². The fourth-order valence-electron chi connectivity index (χ4n) is 2.24. The topological polar surface area (TPSA) is 77.7 Å². The summed E-state index contributed by atoms with van der Waals surface area (Å²) >= 11 is 2.99. The Bertz CT molecular complexity index is 725. The summed E-state index contributed by atoms with van der Waals surface area (Å²) in [4.78, 5) is 19.4. The first-order chi connectivity index (χ1) is 11.5. The molecule has 0 bridgehead atoms. The van der Waals surface area contributed by atoms with Crippen molar-refractivity contribution in [3.8, 4) is 11.5 Å². The van der Waals surface area contributed by atoms with E-state index in [0.29, 0.717) is 30.3 Å². The van der Waals surface area contributed by atoms with Gasteiger partial charge in [-0.3, -0.25) is 4.79 Å². The van der Waals surface area contributed by atoms with E-state index in [1.54, 1.807) is 43.3 Å². The van der Waals surface area contributed by atoms with Gasteiger partial charge in [-0.1, -0.05) is 0 Å². The highest BCUT2D eigenvalue weighted by Gasteiger charge is 2.18. The minimum absolute atomic E-state index is 0. The molecule has 1 heterocycles. The van der Waals surface area contributed by atoms with E-state index in [1.165, 1.54) is 11.3 Å². The average molecular weight is 404 g/mol. The maximum atomic E-state index is 12.5. The first-order valence-electron chi connectivity index (χ1n) is 7.22. The molecule has 0 aliphatic heterocycles. The molecule has 1 aromatic carbocycles. The molecule has 9 heteroatoms. The predicted molar refractivity (Wildman–Crippen MR) is 104 cm³/mol. The summed E-state index contributed by atoms with van der Waals surface area (Å²) in [5.41, 5.74) is 6.97. The number of carbonyl (C=O) groups is 1. The summed E-state index contributed by atoms with van der Waals surface area (Å²) in [6.07, 6.45) is 1.99. The van der Waals surface area contributed by atoms with Gasteiger partial charge in [-0.05, 0) is 24.0 Å². The number of nitrogens with two attached hydrogens (primary N) is 1. The van der Waals surface area contributed by atoms with E-state index in [-0.39, 0.29) is 18.3 Å². The summed E-state index contributed by atoms with van der Waals surface area (Å²) in [6, 6.07) is 3.83. The molecule has 0 spiro atoms. The highest BCUT2D eigenvalue weighted by Crippen LogP contribution is 2.35. The number of nitrogens with zero attached hydrogens (tertiary/aromatic N) is 2. The molecule has 1 amide bonds. The Labute approximate surface area is 162 Å². The van der Waals surface area contributed by atoms with Gasteiger partial charge < -0.3 is 20.1 Å². The minimum Gasteiger partial charge on any atom is -0.493 e. The predicted octanol–water partition coefficient (Wildman–Crippen LogP) is 3.03. The second kappa shape index (κ2) is 9.86. The van der Waals surface area contributed by atoms with Crippen molar-refractivity contribution < 1.29 is 14.3 Å². The molecule has 0 saturated heterocycles. The monoisotopic (exact) mass is 403 g/mol. The van der Waals surface area contributed by atoms with Crippen molar-refractivity contribution in [3.63, 3.8) is 0 Å². The maximum absolute atomic E-state index is 12.5. The van der Waals surface area contributed by atoms with Crippen LogP contribution in [0.25, 0.3) is 0 Å². The molecule has 2 aromatic rings. The van der Waals surface area contributed by atoms with E-state index >= 15 is 0 Å². The Kier molecular flexibility index (Phi) is 8.51. The van der Waals surface area contributed by atoms with Crippen molar-refractivity contribution in [3.05, 3.63) is 33.8 Å². The second-order valence-corrected chi connectivity index (χ2v) is 6.80. The van der Waals surface area contributed by atoms with Crippen molar-refractivity contribution in [2.45, 2.75) is 18.0 Å². The van der Waals surface area contributed by atoms with Gasteiger partial charge in [-0.15, -0.1) is 35.5 Å². The van der Waals surface area contributed by atoms with E-state index in [4.69, 9.17) is 15.2 Å². The number of aromatic nitrogens is 1. The molecule has 0 unspecified atom stereocenters. The Balaban J connectivity index is 0.00000312. The number of amides is 1. The third-order valence-electron chi connectivity index (χ3n) is 3.49. The Hall–Kier alpha value is -1.48. The lowest BCUT2D eigenvalue weighted by Gasteiger charge is -2.19. The number of ether oxygens (including phenoxy) is 2. The quantitative estimate of drug-likeness (QED) is 0.716. The second-order valence-electron chi connectivity index (χ2n) is 5.01. The minimum atomic E-state index is -0.132. The molecule has 0 fully saturated rings. The van der Waals surface area contributed by atoms with Crippen LogP contribution in [0.1, 0.15) is 21.1 Å². The molecule has 2 rings (SSSR count). The van der Waals surface area contributed by atoms with Crippen molar-refractivity contribution in [2.75, 3.05) is 27.5 Å². The molecule has 0 saturated carbocycles. The number of hydrogen-bond acceptors (Lipinski definition) is 7. The fourth-order valence-corrected chi connectivity index (χ4v) is 3.50. The zero-order chi connectivity index (χ0) is 17.7. The van der Waals surface area contributed by atoms with Gasteiger partial charge in [0.05, 0.1) is 14.2 Å². The zero-order valence-corrected chi connectivity index (χ0v) is 17.0. The molecule has 0 aliphatic carbocycles. The van der Waals surface area contributed by atoms with E-state index in [2.05, 4.69) is 4.98 Å². The van der Waals surface area contributed by atoms with Gasteiger partial charge in [-0.2, -0.15) is 0 Å². The largest absolute Gasteiger partial charge is 0.493 e. The van der Waals surface area contributed by atoms with Crippen molar-refractivity contribution in [1.29, 1.82) is 0 Å². The van der Waals surface area contributed by atoms with Crippen LogP contribution < -0.4 is 15.2 Å². The highest BCUT2D eigenvalue weighted by atomic mass is 35.5. The number of benzene rings is 1. The first-order valence-corrected chi connectivity index (χ1v) is 9.33. The van der Waals surface area contributed by atoms with Crippen LogP contribution in [0.2, 0.25) is 0 Å². The van der Waals surface area contributed by atoms with Gasteiger partial charge in [-0.25, -0.2) is 4.98 Å². The van der Waals surface area contributed by atoms with Crippen LogP contribution in [0.3, 0.4) is 0 Å². The van der Waals surface area contributed by atoms with Crippen LogP contribution in [0, 0.1) is 0 Å². The third-order valence-corrected chi connectivity index (χ3v) is 5.18. The highest BCUT2D eigenvalue weighted by molar-refractivity contribution is 7.98. The third kappa shape index (κ3) is 5.01. The van der Waals surface area contributed by atoms with Crippen molar-refractivity contribution >= 4 is 41.4 Å². The molecular weight excluding hydrogens is 382 g/mol. The lowest BCUT2D eigenvalue weighted by atomic mass is 10.2. The van der Waals surface area contributed by atoms with Gasteiger partial charge in [0.15, 0.2) is 11.5 Å². The number of rotatable bonds is 7. The summed E-state index contributed by atoms with van der Waals surface area (Å²) in [5.74, 6) is 1.18. The number of carbonyl (C=O) groups excluding carboxylic acids is 1. The summed E-state index contributed by atoms with van der Waals surface area (Å²) in [6.45, 7) is 0.790. The van der Waals surface area contributed by atoms with Crippen LogP contribution in [0.5, 0.6) is 11.5 Å². The molecule has 2 N–H and O–H groups in total. The Morgan fingerprint density at radius 3 is 2.48 bits per heavy atom. The van der Waals surface area contributed by atoms with Crippen LogP contribution >= 0.6 is 35.5 Å². The van der Waals surface area contributed by atoms with Crippen LogP contribution in [0.15, 0.2) is 22.4 Å². The summed E-state index contributed by atoms with van der Waals surface area (Å²) in [5, 5.41) is 2.49. The van der Waals surface area contributed by atoms with Crippen LogP contribution in [-0.2, 0) is 13.1 Å². The number of methoxy groups -OCH3 is 2. The molecule has 0 aliphatic rings. The number of thioether (sulfide) groups is 1. The van der Waals surface area contributed by atoms with Gasteiger partial charge in [0.25, 0.3) is 5.91 Å². The number of halogens is 1. The summed E-state index contributed by atoms with van der Waals surface area (Å²) < 4.78 is 10.7. The smallest absolute Gasteiger partial charge is 0.273 e. The van der Waals surface area contributed by atoms with E-state index in [0.717, 1.165) is 15.5 Å². The molecule has 0 radical (unpaired) electrons. The number of hydrogen-bond donors (Lipinski definition) is 1. The standard InChI is InChI=1S/C16H21N3O3S2.ClH/c1-19(16(20)11-9-24-15(7-17)18-11)8-10-5-12(21-2)13(22-3)6-14(10)23-4;/h5-6,9H,7-8,17H2,1-4H3;1H. The lowest BCUT2D eigenvalue weighted by molar-refractivity contribution is 0.0779. The SMILES string of the molecule is COc1cc(CN(C)C(=O)c2csc(CN)n2)c(SC)cc1OC.Cl. The maximum Gasteiger partial charge on any atom is 0.273 e. The van der Waals surface area contributed by atoms with E-state index in [1.807, 2.05) is 18.4 Å². The molecule has 1 aromatic heterocycles. The van der Waals surface area contributed by atoms with E-state index < -0.39 is 0 Å². The Morgan fingerprint density at radius 2 is 1.96 bits per heavy atom. The van der Waals surface area contributed by atoms with Crippen molar-refractivity contribution in [1.82, 2.24) is 9.88 Å². The molecule has 138 valence electrons. The average Bonchev–Trinajstić information content (AvgIpc) is 3.09. The molecule has 25 heavy (non-hydrogen) atoms. The van der Waals surface area contributed by atoms with Gasteiger partial charge in [0.1, 0.15) is 10.7 Å². The first kappa shape index (κ1) is 21.6. The van der Waals surface area contributed by atoms with E-state index in [9.17, 15) is 4.79 Å². The fraction of sp³-hybridized carbons (Fsp3) is 0.375. The molecular formula is C16H22ClN3O3S2. The van der Waals surface area contributed by atoms with Crippen LogP contribution in [0.4, 0.5) is 0 Å². The zero-order valence-electron chi connectivity index (χ0n) is 14.6. The Morgan fingerprint density at radius 1 is 1.32 bits per heavy atom. The normalized spacial score (nSPS) is 10.1. The van der Waals surface area contributed by atoms with Gasteiger partial charge in [0, 0.05) is 30.4 Å². The van der Waals surface area contributed by atoms with Crippen LogP contribution in [-0.4, -0.2) is 43.3 Å². The molecule has 0 atom stereocenters. The van der Waals surface area contributed by atoms with Gasteiger partial charge >= 0.3 is 0 Å². The lowest BCUT2D eigenvalue weighted by Crippen LogP contribution is -2.26. The van der Waals surface area contributed by atoms with Crippen molar-refractivity contribution in [2.24, 2.45) is 5.73 Å². The summed E-state index contributed by atoms with van der Waals surface area (Å²) in [7, 11) is 4.96.